The summed E-state index contributed by atoms with van der Waals surface area (Å²) < 4.78 is 44.1. The fourth-order valence-electron chi connectivity index (χ4n) is 2.74. The predicted octanol–water partition coefficient (Wildman–Crippen LogP) is 4.01. The van der Waals surface area contributed by atoms with Gasteiger partial charge in [-0.15, -0.1) is 0 Å². The summed E-state index contributed by atoms with van der Waals surface area (Å²) in [6.45, 7) is 0. The van der Waals surface area contributed by atoms with Gasteiger partial charge in [0.05, 0.1) is 12.6 Å². The maximum Gasteiger partial charge on any atom is 0.451 e. The van der Waals surface area contributed by atoms with E-state index in [2.05, 4.69) is 15.3 Å². The fraction of sp³-hybridized carbons (Fsp3) is 0.467. The van der Waals surface area contributed by atoms with Crippen molar-refractivity contribution in [2.45, 2.75) is 37.9 Å². The molecule has 1 aliphatic carbocycles. The van der Waals surface area contributed by atoms with Gasteiger partial charge in [-0.1, -0.05) is 12.8 Å². The van der Waals surface area contributed by atoms with Gasteiger partial charge in [0.25, 0.3) is 0 Å². The van der Waals surface area contributed by atoms with Crippen molar-refractivity contribution in [2.75, 3.05) is 12.4 Å². The Morgan fingerprint density at radius 1 is 1.18 bits per heavy atom. The minimum Gasteiger partial charge on any atom is -0.497 e. The molecule has 3 rings (SSSR count). The number of ether oxygens (including phenoxy) is 1. The third-order valence-electron chi connectivity index (χ3n) is 3.85. The van der Waals surface area contributed by atoms with Crippen molar-refractivity contribution in [1.82, 2.24) is 9.97 Å². The van der Waals surface area contributed by atoms with Gasteiger partial charge in [0.1, 0.15) is 11.6 Å². The number of methoxy groups -OCH3 is 1. The van der Waals surface area contributed by atoms with Crippen LogP contribution >= 0.6 is 0 Å². The zero-order chi connectivity index (χ0) is 15.7. The lowest BCUT2D eigenvalue weighted by Crippen LogP contribution is -2.19. The minimum atomic E-state index is -4.58. The smallest absolute Gasteiger partial charge is 0.451 e. The van der Waals surface area contributed by atoms with Crippen LogP contribution in [0, 0.1) is 0 Å². The Labute approximate surface area is 125 Å². The van der Waals surface area contributed by atoms with Crippen LogP contribution in [0.2, 0.25) is 0 Å². The van der Waals surface area contributed by atoms with Crippen LogP contribution in [0.4, 0.5) is 19.0 Å². The van der Waals surface area contributed by atoms with Gasteiger partial charge in [-0.05, 0) is 25.0 Å². The van der Waals surface area contributed by atoms with E-state index in [4.69, 9.17) is 4.74 Å². The van der Waals surface area contributed by atoms with Crippen LogP contribution in [0.1, 0.15) is 31.5 Å². The summed E-state index contributed by atoms with van der Waals surface area (Å²) in [5.74, 6) is -0.424. The molecule has 0 saturated heterocycles. The van der Waals surface area contributed by atoms with Gasteiger partial charge in [0.15, 0.2) is 0 Å². The van der Waals surface area contributed by atoms with Crippen molar-refractivity contribution in [3.8, 4) is 5.75 Å². The first-order chi connectivity index (χ1) is 10.5. The molecule has 2 aromatic rings. The van der Waals surface area contributed by atoms with E-state index in [9.17, 15) is 13.2 Å². The minimum absolute atomic E-state index is 0.168. The second kappa shape index (κ2) is 5.62. The van der Waals surface area contributed by atoms with Crippen LogP contribution in [-0.4, -0.2) is 23.1 Å². The number of hydrogen-bond acceptors (Lipinski definition) is 4. The Kier molecular flexibility index (Phi) is 3.80. The van der Waals surface area contributed by atoms with Crippen LogP contribution in [-0.2, 0) is 6.18 Å². The number of anilines is 1. The van der Waals surface area contributed by atoms with Gasteiger partial charge < -0.3 is 10.1 Å². The number of alkyl halides is 3. The second-order valence-electron chi connectivity index (χ2n) is 5.40. The Balaban J connectivity index is 2.10. The van der Waals surface area contributed by atoms with Crippen molar-refractivity contribution >= 4 is 16.7 Å². The molecule has 0 bridgehead atoms. The van der Waals surface area contributed by atoms with E-state index < -0.39 is 12.0 Å². The Morgan fingerprint density at radius 2 is 1.91 bits per heavy atom. The summed E-state index contributed by atoms with van der Waals surface area (Å²) in [6, 6.07) is 5.04. The predicted molar refractivity (Wildman–Crippen MR) is 77.0 cm³/mol. The molecule has 22 heavy (non-hydrogen) atoms. The SMILES string of the molecule is COc1ccc2c(NC3CCCC3)nc(C(F)(F)F)nc2c1. The lowest BCUT2D eigenvalue weighted by molar-refractivity contribution is -0.144. The average molecular weight is 311 g/mol. The van der Waals surface area contributed by atoms with Gasteiger partial charge in [0, 0.05) is 17.5 Å². The normalized spacial score (nSPS) is 16.2. The molecular formula is C15H16F3N3O. The van der Waals surface area contributed by atoms with Crippen LogP contribution in [0.25, 0.3) is 10.9 Å². The van der Waals surface area contributed by atoms with Crippen LogP contribution in [0.15, 0.2) is 18.2 Å². The molecule has 118 valence electrons. The molecule has 0 spiro atoms. The maximum absolute atomic E-state index is 13.0. The highest BCUT2D eigenvalue weighted by atomic mass is 19.4. The van der Waals surface area contributed by atoms with E-state index in [1.807, 2.05) is 0 Å². The number of halogens is 3. The van der Waals surface area contributed by atoms with E-state index in [1.54, 1.807) is 12.1 Å². The van der Waals surface area contributed by atoms with Gasteiger partial charge >= 0.3 is 6.18 Å². The van der Waals surface area contributed by atoms with Gasteiger partial charge in [-0.2, -0.15) is 13.2 Å². The lowest BCUT2D eigenvalue weighted by Gasteiger charge is -2.16. The number of aromatic nitrogens is 2. The molecular weight excluding hydrogens is 295 g/mol. The maximum atomic E-state index is 13.0. The van der Waals surface area contributed by atoms with Crippen LogP contribution in [0.3, 0.4) is 0 Å². The topological polar surface area (TPSA) is 47.0 Å². The van der Waals surface area contributed by atoms with Gasteiger partial charge in [-0.3, -0.25) is 0 Å². The molecule has 0 atom stereocenters. The first kappa shape index (κ1) is 14.9. The first-order valence-corrected chi connectivity index (χ1v) is 7.17. The van der Waals surface area contributed by atoms with Crippen molar-refractivity contribution in [3.63, 3.8) is 0 Å². The third-order valence-corrected chi connectivity index (χ3v) is 3.85. The van der Waals surface area contributed by atoms with E-state index in [0.717, 1.165) is 25.7 Å². The molecule has 0 unspecified atom stereocenters. The van der Waals surface area contributed by atoms with Crippen LogP contribution < -0.4 is 10.1 Å². The molecule has 1 aromatic heterocycles. The second-order valence-corrected chi connectivity index (χ2v) is 5.40. The molecule has 1 aromatic carbocycles. The third kappa shape index (κ3) is 2.93. The molecule has 1 aliphatic rings. The molecule has 1 N–H and O–H groups in total. The fourth-order valence-corrected chi connectivity index (χ4v) is 2.74. The molecule has 4 nitrogen and oxygen atoms in total. The summed E-state index contributed by atoms with van der Waals surface area (Å²) >= 11 is 0. The number of nitrogens with zero attached hydrogens (tertiary/aromatic N) is 2. The zero-order valence-corrected chi connectivity index (χ0v) is 12.1. The summed E-state index contributed by atoms with van der Waals surface area (Å²) in [5, 5.41) is 3.71. The summed E-state index contributed by atoms with van der Waals surface area (Å²) in [5.41, 5.74) is 0.224. The lowest BCUT2D eigenvalue weighted by atomic mass is 10.2. The van der Waals surface area contributed by atoms with Gasteiger partial charge in [-0.25, -0.2) is 9.97 Å². The van der Waals surface area contributed by atoms with E-state index in [-0.39, 0.29) is 17.4 Å². The van der Waals surface area contributed by atoms with E-state index in [0.29, 0.717) is 11.1 Å². The summed E-state index contributed by atoms with van der Waals surface area (Å²) in [4.78, 5) is 7.34. The van der Waals surface area contributed by atoms with Crippen molar-refractivity contribution < 1.29 is 17.9 Å². The molecule has 0 aliphatic heterocycles. The molecule has 1 saturated carbocycles. The quantitative estimate of drug-likeness (QED) is 0.930. The molecule has 1 heterocycles. The molecule has 1 fully saturated rings. The van der Waals surface area contributed by atoms with Gasteiger partial charge in [0.2, 0.25) is 5.82 Å². The molecule has 0 radical (unpaired) electrons. The highest BCUT2D eigenvalue weighted by Crippen LogP contribution is 2.33. The van der Waals surface area contributed by atoms with Crippen LogP contribution in [0.5, 0.6) is 5.75 Å². The first-order valence-electron chi connectivity index (χ1n) is 7.17. The summed E-state index contributed by atoms with van der Waals surface area (Å²) in [6.07, 6.45) is -0.517. The Bertz CT molecular complexity index is 682. The van der Waals surface area contributed by atoms with Crippen molar-refractivity contribution in [3.05, 3.63) is 24.0 Å². The number of benzene rings is 1. The van der Waals surface area contributed by atoms with E-state index >= 15 is 0 Å². The van der Waals surface area contributed by atoms with Crippen molar-refractivity contribution in [1.29, 1.82) is 0 Å². The molecule has 7 heteroatoms. The van der Waals surface area contributed by atoms with Crippen molar-refractivity contribution in [2.24, 2.45) is 0 Å². The monoisotopic (exact) mass is 311 g/mol. The number of rotatable bonds is 3. The number of nitrogens with one attached hydrogen (secondary N) is 1. The largest absolute Gasteiger partial charge is 0.497 e. The highest BCUT2D eigenvalue weighted by Gasteiger charge is 2.35. The average Bonchev–Trinajstić information content (AvgIpc) is 2.98. The summed E-state index contributed by atoms with van der Waals surface area (Å²) in [7, 11) is 1.46. The molecule has 0 amide bonds. The Hall–Kier alpha value is -2.05. The number of hydrogen-bond donors (Lipinski definition) is 1. The number of fused-ring (bicyclic) bond motifs is 1. The highest BCUT2D eigenvalue weighted by molar-refractivity contribution is 5.90. The zero-order valence-electron chi connectivity index (χ0n) is 12.1. The Morgan fingerprint density at radius 3 is 2.55 bits per heavy atom. The van der Waals surface area contributed by atoms with E-state index in [1.165, 1.54) is 13.2 Å². The standard InChI is InChI=1S/C15H16F3N3O/c1-22-10-6-7-11-12(8-10)20-14(15(16,17)18)21-13(11)19-9-4-2-3-5-9/h6-9H,2-5H2,1H3,(H,19,20,21).